The fourth-order valence-electron chi connectivity index (χ4n) is 3.91. The van der Waals surface area contributed by atoms with E-state index in [1.54, 1.807) is 43.2 Å². The number of aryl methyl sites for hydroxylation is 2. The highest BCUT2D eigenvalue weighted by atomic mass is 16.5. The third-order valence-electron chi connectivity index (χ3n) is 5.72. The fourth-order valence-corrected chi connectivity index (χ4v) is 3.91. The number of aromatic nitrogens is 7. The van der Waals surface area contributed by atoms with Crippen LogP contribution in [0, 0.1) is 25.2 Å². The minimum Gasteiger partial charge on any atom is -0.494 e. The minimum atomic E-state index is -0.784. The number of hydrogen-bond acceptors (Lipinski definition) is 9. The van der Waals surface area contributed by atoms with Crippen LogP contribution >= 0.6 is 0 Å². The number of nitrogens with zero attached hydrogens (tertiary/aromatic N) is 8. The van der Waals surface area contributed by atoms with Crippen molar-refractivity contribution >= 4 is 22.5 Å². The first-order chi connectivity index (χ1) is 17.4. The fraction of sp³-hybridized carbons (Fsp3) is 0.200. The van der Waals surface area contributed by atoms with Gasteiger partial charge in [0.05, 0.1) is 35.6 Å². The van der Waals surface area contributed by atoms with Gasteiger partial charge in [0.2, 0.25) is 0 Å². The lowest BCUT2D eigenvalue weighted by molar-refractivity contribution is 0.198. The van der Waals surface area contributed by atoms with E-state index in [-0.39, 0.29) is 5.69 Å². The van der Waals surface area contributed by atoms with Gasteiger partial charge in [-0.05, 0) is 57.2 Å². The van der Waals surface area contributed by atoms with Gasteiger partial charge in [0.15, 0.2) is 17.3 Å². The zero-order chi connectivity index (χ0) is 25.4. The van der Waals surface area contributed by atoms with Crippen molar-refractivity contribution in [2.45, 2.75) is 26.9 Å². The molecule has 0 amide bonds. The monoisotopic (exact) mass is 481 g/mol. The van der Waals surface area contributed by atoms with Crippen LogP contribution in [0.4, 0.5) is 11.5 Å². The summed E-state index contributed by atoms with van der Waals surface area (Å²) in [5.41, 5.74) is 4.58. The smallest absolute Gasteiger partial charge is 0.163 e. The Morgan fingerprint density at radius 3 is 2.61 bits per heavy atom. The molecule has 11 heteroatoms. The van der Waals surface area contributed by atoms with Gasteiger partial charge in [0.1, 0.15) is 24.0 Å². The summed E-state index contributed by atoms with van der Waals surface area (Å²) in [5.74, 6) is 2.18. The lowest BCUT2D eigenvalue weighted by Gasteiger charge is -2.15. The minimum absolute atomic E-state index is 0.271. The molecule has 5 rings (SSSR count). The molecule has 1 unspecified atom stereocenters. The van der Waals surface area contributed by atoms with Crippen LogP contribution in [0.5, 0.6) is 5.75 Å². The Balaban J connectivity index is 1.60. The second kappa shape index (κ2) is 9.09. The maximum atomic E-state index is 10.4. The molecule has 5 aromatic rings. The number of pyridine rings is 1. The van der Waals surface area contributed by atoms with Crippen LogP contribution in [-0.2, 0) is 0 Å². The van der Waals surface area contributed by atoms with Crippen molar-refractivity contribution in [1.29, 1.82) is 5.26 Å². The normalized spacial score (nSPS) is 11.9. The zero-order valence-electron chi connectivity index (χ0n) is 20.1. The number of aliphatic hydroxyl groups excluding tert-OH is 1. The van der Waals surface area contributed by atoms with Crippen LogP contribution in [0.3, 0.4) is 0 Å². The van der Waals surface area contributed by atoms with E-state index in [2.05, 4.69) is 25.6 Å². The Labute approximate surface area is 206 Å². The predicted molar refractivity (Wildman–Crippen MR) is 133 cm³/mol. The second-order valence-corrected chi connectivity index (χ2v) is 8.29. The molecule has 1 atom stereocenters. The van der Waals surface area contributed by atoms with Gasteiger partial charge in [-0.2, -0.15) is 15.5 Å². The molecule has 4 heterocycles. The summed E-state index contributed by atoms with van der Waals surface area (Å²) < 4.78 is 9.02. The van der Waals surface area contributed by atoms with Crippen molar-refractivity contribution in [3.63, 3.8) is 0 Å². The second-order valence-electron chi connectivity index (χ2n) is 8.29. The molecule has 0 aliphatic heterocycles. The molecule has 0 bridgehead atoms. The van der Waals surface area contributed by atoms with Crippen molar-refractivity contribution < 1.29 is 9.84 Å². The first-order valence-corrected chi connectivity index (χ1v) is 11.2. The van der Waals surface area contributed by atoms with Gasteiger partial charge < -0.3 is 15.2 Å². The molecule has 0 saturated carbocycles. The zero-order valence-corrected chi connectivity index (χ0v) is 20.1. The highest BCUT2D eigenvalue weighted by molar-refractivity contribution is 5.85. The van der Waals surface area contributed by atoms with Crippen LogP contribution in [0.25, 0.3) is 22.7 Å². The lowest BCUT2D eigenvalue weighted by Crippen LogP contribution is -2.11. The number of fused-ring (bicyclic) bond motifs is 1. The van der Waals surface area contributed by atoms with Crippen LogP contribution in [0.2, 0.25) is 0 Å². The number of nitrogens with one attached hydrogen (secondary N) is 1. The maximum absolute atomic E-state index is 10.4. The Hall–Kier alpha value is -4.82. The molecule has 0 radical (unpaired) electrons. The van der Waals surface area contributed by atoms with E-state index in [4.69, 9.17) is 9.72 Å². The van der Waals surface area contributed by atoms with E-state index < -0.39 is 6.10 Å². The molecule has 4 aromatic heterocycles. The van der Waals surface area contributed by atoms with Crippen LogP contribution < -0.4 is 10.1 Å². The lowest BCUT2D eigenvalue weighted by atomic mass is 10.1. The molecular weight excluding hydrogens is 458 g/mol. The Bertz CT molecular complexity index is 1610. The first kappa shape index (κ1) is 22.9. The van der Waals surface area contributed by atoms with E-state index in [0.29, 0.717) is 40.0 Å². The highest BCUT2D eigenvalue weighted by Crippen LogP contribution is 2.33. The third-order valence-corrected chi connectivity index (χ3v) is 5.72. The van der Waals surface area contributed by atoms with E-state index in [9.17, 15) is 10.4 Å². The Morgan fingerprint density at radius 2 is 1.94 bits per heavy atom. The average molecular weight is 482 g/mol. The summed E-state index contributed by atoms with van der Waals surface area (Å²) in [6.45, 7) is 5.37. The van der Waals surface area contributed by atoms with Gasteiger partial charge in [-0.25, -0.2) is 14.6 Å². The molecule has 36 heavy (non-hydrogen) atoms. The summed E-state index contributed by atoms with van der Waals surface area (Å²) in [5, 5.41) is 35.4. The van der Waals surface area contributed by atoms with E-state index in [0.717, 1.165) is 16.9 Å². The molecule has 0 spiro atoms. The van der Waals surface area contributed by atoms with Crippen LogP contribution in [0.1, 0.15) is 35.7 Å². The third kappa shape index (κ3) is 4.10. The van der Waals surface area contributed by atoms with Crippen molar-refractivity contribution in [1.82, 2.24) is 34.5 Å². The van der Waals surface area contributed by atoms with Crippen molar-refractivity contribution in [3.05, 3.63) is 71.4 Å². The molecular formula is C25H23N9O2. The predicted octanol–water partition coefficient (Wildman–Crippen LogP) is 3.69. The summed E-state index contributed by atoms with van der Waals surface area (Å²) in [7, 11) is 1.59. The van der Waals surface area contributed by atoms with Gasteiger partial charge in [-0.3, -0.25) is 4.57 Å². The molecule has 0 saturated heterocycles. The number of ether oxygens (including phenoxy) is 1. The number of rotatable bonds is 6. The largest absolute Gasteiger partial charge is 0.494 e. The SMILES string of the molecule is COc1cc2c(cc1Nc1ccc(C)nn1)ncn2-c1ccc(C(C)O)c(-n2nc(C#N)cc2C)n1. The van der Waals surface area contributed by atoms with Gasteiger partial charge in [-0.15, -0.1) is 5.10 Å². The quantitative estimate of drug-likeness (QED) is 0.371. The van der Waals surface area contributed by atoms with Gasteiger partial charge >= 0.3 is 0 Å². The maximum Gasteiger partial charge on any atom is 0.163 e. The van der Waals surface area contributed by atoms with Gasteiger partial charge in [0, 0.05) is 17.3 Å². The number of nitriles is 1. The van der Waals surface area contributed by atoms with E-state index >= 15 is 0 Å². The average Bonchev–Trinajstić information content (AvgIpc) is 3.47. The standard InChI is InChI=1S/C25H23N9O2/c1-14-5-7-23(31-30-14)28-20-10-19-21(11-22(20)36-4)33(13-27-19)24-8-6-18(16(3)35)25(29-24)34-15(2)9-17(12-26)32-34/h5-11,13,16,35H,1-4H3,(H,28,31). The Morgan fingerprint density at radius 1 is 1.11 bits per heavy atom. The molecule has 11 nitrogen and oxygen atoms in total. The number of imidazole rings is 1. The molecule has 0 fully saturated rings. The van der Waals surface area contributed by atoms with Crippen LogP contribution in [-0.4, -0.2) is 46.7 Å². The van der Waals surface area contributed by atoms with Crippen LogP contribution in [0.15, 0.2) is 48.8 Å². The number of benzene rings is 1. The molecule has 180 valence electrons. The Kier molecular flexibility index (Phi) is 5.79. The number of hydrogen-bond donors (Lipinski definition) is 2. The molecule has 2 N–H and O–H groups in total. The van der Waals surface area contributed by atoms with Crippen molar-refractivity contribution in [2.75, 3.05) is 12.4 Å². The summed E-state index contributed by atoms with van der Waals surface area (Å²) >= 11 is 0. The van der Waals surface area contributed by atoms with Gasteiger partial charge in [0.25, 0.3) is 0 Å². The molecule has 1 aromatic carbocycles. The van der Waals surface area contributed by atoms with E-state index in [1.807, 2.05) is 48.7 Å². The first-order valence-electron chi connectivity index (χ1n) is 11.2. The summed E-state index contributed by atoms with van der Waals surface area (Å²) in [6.07, 6.45) is 0.888. The number of methoxy groups -OCH3 is 1. The number of anilines is 2. The van der Waals surface area contributed by atoms with E-state index in [1.165, 1.54) is 0 Å². The molecule has 0 aliphatic carbocycles. The van der Waals surface area contributed by atoms with Gasteiger partial charge in [-0.1, -0.05) is 0 Å². The summed E-state index contributed by atoms with van der Waals surface area (Å²) in [6, 6.07) is 14.8. The van der Waals surface area contributed by atoms with Crippen molar-refractivity contribution in [3.8, 4) is 23.5 Å². The van der Waals surface area contributed by atoms with Crippen molar-refractivity contribution in [2.24, 2.45) is 0 Å². The molecule has 0 aliphatic rings. The topological polar surface area (TPSA) is 140 Å². The number of aliphatic hydroxyl groups is 1. The summed E-state index contributed by atoms with van der Waals surface area (Å²) in [4.78, 5) is 9.36. The highest BCUT2D eigenvalue weighted by Gasteiger charge is 2.18.